The van der Waals surface area contributed by atoms with E-state index < -0.39 is 6.17 Å². The molecule has 0 bridgehead atoms. The molecule has 0 amide bonds. The molecule has 0 aromatic heterocycles. The van der Waals surface area contributed by atoms with Crippen LogP contribution in [0.3, 0.4) is 0 Å². The minimum Gasteiger partial charge on any atom is -0.381 e. The Morgan fingerprint density at radius 1 is 1.03 bits per heavy atom. The van der Waals surface area contributed by atoms with Crippen molar-refractivity contribution in [3.8, 4) is 0 Å². The molecule has 4 aliphatic rings. The predicted octanol–water partition coefficient (Wildman–Crippen LogP) is 2.83. The zero-order valence-electron chi connectivity index (χ0n) is 18.6. The van der Waals surface area contributed by atoms with Crippen LogP contribution in [0.1, 0.15) is 40.0 Å². The summed E-state index contributed by atoms with van der Waals surface area (Å²) in [6.07, 6.45) is 2.63. The first-order valence-corrected chi connectivity index (χ1v) is 11.9. The Hall–Kier alpha value is -0.270. The van der Waals surface area contributed by atoms with Crippen LogP contribution in [-0.4, -0.2) is 93.4 Å². The molecule has 29 heavy (non-hydrogen) atoms. The standard InChI is InChI=1S/C23H41FN2O3/c1-16(2)26-11-22(24)23(12-26)28-7-5-17(3)18-8-21(29-15-18)4-6-25-9-19-13-27-14-20(19)10-25/h16-23H,4-15H2,1-3H3. The molecule has 0 radical (unpaired) electrons. The van der Waals surface area contributed by atoms with Crippen molar-refractivity contribution in [2.24, 2.45) is 23.7 Å². The molecule has 4 fully saturated rings. The van der Waals surface area contributed by atoms with Crippen LogP contribution in [-0.2, 0) is 14.2 Å². The molecule has 4 rings (SSSR count). The molecular weight excluding hydrogens is 371 g/mol. The van der Waals surface area contributed by atoms with Crippen LogP contribution >= 0.6 is 0 Å². The van der Waals surface area contributed by atoms with Gasteiger partial charge >= 0.3 is 0 Å². The fraction of sp³-hybridized carbons (Fsp3) is 1.00. The summed E-state index contributed by atoms with van der Waals surface area (Å²) in [6.45, 7) is 14.8. The Labute approximate surface area is 176 Å². The Kier molecular flexibility index (Phi) is 7.49. The first-order chi connectivity index (χ1) is 14.0. The summed E-state index contributed by atoms with van der Waals surface area (Å²) >= 11 is 0. The second-order valence-electron chi connectivity index (χ2n) is 10.3. The number of ether oxygens (including phenoxy) is 3. The van der Waals surface area contributed by atoms with Gasteiger partial charge in [0.1, 0.15) is 12.3 Å². The number of fused-ring (bicyclic) bond motifs is 1. The molecular formula is C23H41FN2O3. The average molecular weight is 413 g/mol. The summed E-state index contributed by atoms with van der Waals surface area (Å²) in [5, 5.41) is 0. The monoisotopic (exact) mass is 412 g/mol. The summed E-state index contributed by atoms with van der Waals surface area (Å²) in [5.41, 5.74) is 0. The molecule has 4 aliphatic heterocycles. The van der Waals surface area contributed by atoms with Gasteiger partial charge in [0.15, 0.2) is 0 Å². The summed E-state index contributed by atoms with van der Waals surface area (Å²) in [6, 6.07) is 0.391. The zero-order chi connectivity index (χ0) is 20.4. The molecule has 0 aliphatic carbocycles. The zero-order valence-corrected chi connectivity index (χ0v) is 18.6. The second-order valence-corrected chi connectivity index (χ2v) is 10.3. The van der Waals surface area contributed by atoms with E-state index >= 15 is 0 Å². The van der Waals surface area contributed by atoms with Crippen LogP contribution in [0.5, 0.6) is 0 Å². The highest BCUT2D eigenvalue weighted by Gasteiger charge is 2.38. The fourth-order valence-electron chi connectivity index (χ4n) is 5.61. The van der Waals surface area contributed by atoms with Gasteiger partial charge in [-0.25, -0.2) is 4.39 Å². The first kappa shape index (κ1) is 21.9. The van der Waals surface area contributed by atoms with Gasteiger partial charge in [-0.05, 0) is 44.9 Å². The lowest BCUT2D eigenvalue weighted by Gasteiger charge is -2.21. The molecule has 7 atom stereocenters. The van der Waals surface area contributed by atoms with Crippen molar-refractivity contribution in [1.82, 2.24) is 9.80 Å². The van der Waals surface area contributed by atoms with Crippen LogP contribution in [0, 0.1) is 23.7 Å². The van der Waals surface area contributed by atoms with Crippen LogP contribution in [0.2, 0.25) is 0 Å². The SMILES string of the molecule is CC(CCOC1CN(C(C)C)CC1F)C1COC(CCN2CC3COCC3C2)C1. The lowest BCUT2D eigenvalue weighted by molar-refractivity contribution is 0.0125. The van der Waals surface area contributed by atoms with Crippen molar-refractivity contribution in [3.63, 3.8) is 0 Å². The van der Waals surface area contributed by atoms with E-state index in [2.05, 4.69) is 30.6 Å². The maximum Gasteiger partial charge on any atom is 0.140 e. The smallest absolute Gasteiger partial charge is 0.140 e. The van der Waals surface area contributed by atoms with E-state index in [0.29, 0.717) is 37.1 Å². The molecule has 0 N–H and O–H groups in total. The fourth-order valence-corrected chi connectivity index (χ4v) is 5.61. The van der Waals surface area contributed by atoms with Crippen molar-refractivity contribution in [2.45, 2.75) is 64.5 Å². The van der Waals surface area contributed by atoms with Gasteiger partial charge in [-0.1, -0.05) is 6.92 Å². The van der Waals surface area contributed by atoms with Gasteiger partial charge in [-0.15, -0.1) is 0 Å². The molecule has 6 heteroatoms. The predicted molar refractivity (Wildman–Crippen MR) is 112 cm³/mol. The van der Waals surface area contributed by atoms with Crippen molar-refractivity contribution < 1.29 is 18.6 Å². The molecule has 4 heterocycles. The van der Waals surface area contributed by atoms with Gasteiger partial charge < -0.3 is 19.1 Å². The van der Waals surface area contributed by atoms with E-state index in [4.69, 9.17) is 14.2 Å². The third-order valence-electron chi connectivity index (χ3n) is 7.86. The van der Waals surface area contributed by atoms with E-state index in [1.807, 2.05) is 0 Å². The lowest BCUT2D eigenvalue weighted by atomic mass is 9.89. The van der Waals surface area contributed by atoms with E-state index in [-0.39, 0.29) is 6.10 Å². The van der Waals surface area contributed by atoms with Crippen LogP contribution in [0.4, 0.5) is 4.39 Å². The largest absolute Gasteiger partial charge is 0.381 e. The maximum atomic E-state index is 14.2. The Balaban J connectivity index is 1.10. The number of likely N-dealkylation sites (tertiary alicyclic amines) is 2. The number of rotatable bonds is 9. The Morgan fingerprint density at radius 3 is 2.48 bits per heavy atom. The highest BCUT2D eigenvalue weighted by Crippen LogP contribution is 2.32. The highest BCUT2D eigenvalue weighted by molar-refractivity contribution is 4.89. The normalized spacial score (nSPS) is 39.6. The first-order valence-electron chi connectivity index (χ1n) is 11.9. The second kappa shape index (κ2) is 9.90. The molecule has 5 nitrogen and oxygen atoms in total. The van der Waals surface area contributed by atoms with E-state index in [1.165, 1.54) is 19.5 Å². The Bertz CT molecular complexity index is 510. The third-order valence-corrected chi connectivity index (χ3v) is 7.86. The molecule has 168 valence electrons. The molecule has 0 aromatic rings. The summed E-state index contributed by atoms with van der Waals surface area (Å²) in [4.78, 5) is 4.79. The molecule has 0 spiro atoms. The van der Waals surface area contributed by atoms with E-state index in [1.54, 1.807) is 0 Å². The minimum atomic E-state index is -0.844. The number of nitrogens with zero attached hydrogens (tertiary/aromatic N) is 2. The summed E-state index contributed by atoms with van der Waals surface area (Å²) < 4.78 is 31.8. The third kappa shape index (κ3) is 5.51. The molecule has 4 saturated heterocycles. The van der Waals surface area contributed by atoms with Gasteiger partial charge in [0.25, 0.3) is 0 Å². The van der Waals surface area contributed by atoms with Crippen molar-refractivity contribution in [1.29, 1.82) is 0 Å². The highest BCUT2D eigenvalue weighted by atomic mass is 19.1. The maximum absolute atomic E-state index is 14.2. The number of hydrogen-bond acceptors (Lipinski definition) is 5. The summed E-state index contributed by atoms with van der Waals surface area (Å²) in [5.74, 6) is 2.73. The lowest BCUT2D eigenvalue weighted by Crippen LogP contribution is -2.30. The quantitative estimate of drug-likeness (QED) is 0.582. The number of halogens is 1. The van der Waals surface area contributed by atoms with Crippen molar-refractivity contribution >= 4 is 0 Å². The minimum absolute atomic E-state index is 0.248. The summed E-state index contributed by atoms with van der Waals surface area (Å²) in [7, 11) is 0. The number of hydrogen-bond donors (Lipinski definition) is 0. The molecule has 0 aromatic carbocycles. The van der Waals surface area contributed by atoms with Gasteiger partial charge in [0, 0.05) is 57.2 Å². The molecule has 0 saturated carbocycles. The van der Waals surface area contributed by atoms with Crippen molar-refractivity contribution in [2.75, 3.05) is 59.2 Å². The molecule has 7 unspecified atom stereocenters. The van der Waals surface area contributed by atoms with Crippen LogP contribution in [0.15, 0.2) is 0 Å². The van der Waals surface area contributed by atoms with Crippen LogP contribution in [0.25, 0.3) is 0 Å². The van der Waals surface area contributed by atoms with Gasteiger partial charge in [-0.2, -0.15) is 0 Å². The van der Waals surface area contributed by atoms with E-state index in [9.17, 15) is 4.39 Å². The average Bonchev–Trinajstić information content (AvgIpc) is 3.44. The van der Waals surface area contributed by atoms with Gasteiger partial charge in [0.2, 0.25) is 0 Å². The van der Waals surface area contributed by atoms with Crippen molar-refractivity contribution in [3.05, 3.63) is 0 Å². The topological polar surface area (TPSA) is 34.2 Å². The number of alkyl halides is 1. The van der Waals surface area contributed by atoms with E-state index in [0.717, 1.165) is 57.6 Å². The van der Waals surface area contributed by atoms with Gasteiger partial charge in [-0.3, -0.25) is 4.90 Å². The van der Waals surface area contributed by atoms with Gasteiger partial charge in [0.05, 0.1) is 25.9 Å². The Morgan fingerprint density at radius 2 is 1.79 bits per heavy atom. The van der Waals surface area contributed by atoms with Crippen LogP contribution < -0.4 is 0 Å².